The summed E-state index contributed by atoms with van der Waals surface area (Å²) >= 11 is 0. The van der Waals surface area contributed by atoms with E-state index in [0.29, 0.717) is 28.2 Å². The van der Waals surface area contributed by atoms with E-state index in [0.717, 1.165) is 12.1 Å². The molecule has 4 rings (SSSR count). The standard InChI is InChI=1S/C24H21F3N4O3/c1-34-18-7-5-16(6-8-18)21-23(33)31(11-12-32)22-19(29-21)9-10-20(30-22)28-14-15-3-2-4-17(13-15)24(25,26)27/h2-10,13,32H,11-12,14H2,1H3,(H,28,30). The highest BCUT2D eigenvalue weighted by atomic mass is 19.4. The monoisotopic (exact) mass is 470 g/mol. The number of aromatic nitrogens is 3. The highest BCUT2D eigenvalue weighted by Crippen LogP contribution is 2.29. The van der Waals surface area contributed by atoms with Crippen LogP contribution in [0.5, 0.6) is 5.75 Å². The number of methoxy groups -OCH3 is 1. The van der Waals surface area contributed by atoms with Gasteiger partial charge in [0.05, 0.1) is 25.8 Å². The molecule has 0 aliphatic carbocycles. The fourth-order valence-electron chi connectivity index (χ4n) is 3.51. The number of ether oxygens (including phenoxy) is 1. The van der Waals surface area contributed by atoms with Crippen molar-refractivity contribution in [3.8, 4) is 17.0 Å². The van der Waals surface area contributed by atoms with Crippen molar-refractivity contribution in [3.05, 3.63) is 82.1 Å². The number of anilines is 1. The molecule has 0 aliphatic heterocycles. The van der Waals surface area contributed by atoms with Gasteiger partial charge in [-0.1, -0.05) is 12.1 Å². The molecule has 10 heteroatoms. The van der Waals surface area contributed by atoms with Gasteiger partial charge in [-0.3, -0.25) is 9.36 Å². The van der Waals surface area contributed by atoms with Crippen LogP contribution < -0.4 is 15.6 Å². The molecule has 0 amide bonds. The van der Waals surface area contributed by atoms with E-state index in [9.17, 15) is 23.1 Å². The molecule has 34 heavy (non-hydrogen) atoms. The van der Waals surface area contributed by atoms with Crippen LogP contribution in [0.3, 0.4) is 0 Å². The number of alkyl halides is 3. The number of aliphatic hydroxyl groups is 1. The quantitative estimate of drug-likeness (QED) is 0.423. The zero-order valence-electron chi connectivity index (χ0n) is 18.1. The van der Waals surface area contributed by atoms with Crippen LogP contribution >= 0.6 is 0 Å². The van der Waals surface area contributed by atoms with Gasteiger partial charge in [-0.05, 0) is 54.1 Å². The third kappa shape index (κ3) is 4.86. The molecular weight excluding hydrogens is 449 g/mol. The zero-order chi connectivity index (χ0) is 24.3. The van der Waals surface area contributed by atoms with E-state index in [4.69, 9.17) is 4.74 Å². The number of benzene rings is 2. The van der Waals surface area contributed by atoms with Crippen LogP contribution in [0.15, 0.2) is 65.5 Å². The maximum atomic E-state index is 13.1. The molecule has 2 aromatic carbocycles. The Morgan fingerprint density at radius 2 is 1.82 bits per heavy atom. The minimum absolute atomic E-state index is 0.00505. The Kier molecular flexibility index (Phi) is 6.51. The average Bonchev–Trinajstić information content (AvgIpc) is 2.84. The molecule has 0 bridgehead atoms. The van der Waals surface area contributed by atoms with Gasteiger partial charge in [0.2, 0.25) is 0 Å². The minimum Gasteiger partial charge on any atom is -0.497 e. The number of fused-ring (bicyclic) bond motifs is 1. The summed E-state index contributed by atoms with van der Waals surface area (Å²) in [5, 5.41) is 12.5. The first-order valence-electron chi connectivity index (χ1n) is 10.4. The maximum absolute atomic E-state index is 13.1. The lowest BCUT2D eigenvalue weighted by molar-refractivity contribution is -0.137. The lowest BCUT2D eigenvalue weighted by Crippen LogP contribution is -2.26. The van der Waals surface area contributed by atoms with E-state index in [1.165, 1.54) is 10.6 Å². The summed E-state index contributed by atoms with van der Waals surface area (Å²) < 4.78 is 45.3. The second kappa shape index (κ2) is 9.52. The van der Waals surface area contributed by atoms with Crippen LogP contribution in [-0.2, 0) is 19.3 Å². The largest absolute Gasteiger partial charge is 0.497 e. The van der Waals surface area contributed by atoms with E-state index >= 15 is 0 Å². The number of nitrogens with one attached hydrogen (secondary N) is 1. The summed E-state index contributed by atoms with van der Waals surface area (Å²) in [6.45, 7) is -0.181. The van der Waals surface area contributed by atoms with Gasteiger partial charge in [-0.2, -0.15) is 13.2 Å². The summed E-state index contributed by atoms with van der Waals surface area (Å²) in [5.74, 6) is 0.994. The summed E-state index contributed by atoms with van der Waals surface area (Å²) in [6.07, 6.45) is -4.43. The number of aliphatic hydroxyl groups excluding tert-OH is 1. The minimum atomic E-state index is -4.43. The fraction of sp³-hybridized carbons (Fsp3) is 0.208. The van der Waals surface area contributed by atoms with Gasteiger partial charge < -0.3 is 15.2 Å². The smallest absolute Gasteiger partial charge is 0.416 e. The molecule has 0 atom stereocenters. The molecule has 0 saturated heterocycles. The number of rotatable bonds is 7. The first kappa shape index (κ1) is 23.2. The molecule has 0 radical (unpaired) electrons. The van der Waals surface area contributed by atoms with E-state index in [2.05, 4.69) is 15.3 Å². The van der Waals surface area contributed by atoms with Gasteiger partial charge >= 0.3 is 6.18 Å². The van der Waals surface area contributed by atoms with Crippen molar-refractivity contribution < 1.29 is 23.0 Å². The van der Waals surface area contributed by atoms with Gasteiger partial charge in [0.25, 0.3) is 5.56 Å². The Balaban J connectivity index is 1.68. The third-order valence-electron chi connectivity index (χ3n) is 5.21. The first-order valence-corrected chi connectivity index (χ1v) is 10.4. The van der Waals surface area contributed by atoms with Crippen molar-refractivity contribution in [3.63, 3.8) is 0 Å². The van der Waals surface area contributed by atoms with Crippen LogP contribution in [0.25, 0.3) is 22.4 Å². The molecule has 2 N–H and O–H groups in total. The average molecular weight is 470 g/mol. The summed E-state index contributed by atoms with van der Waals surface area (Å²) in [5.41, 5.74) is 0.757. The van der Waals surface area contributed by atoms with Gasteiger partial charge in [0.1, 0.15) is 22.8 Å². The lowest BCUT2D eigenvalue weighted by Gasteiger charge is -2.13. The first-order chi connectivity index (χ1) is 16.3. The van der Waals surface area contributed by atoms with Gasteiger partial charge in [-0.15, -0.1) is 0 Å². The Hall–Kier alpha value is -3.92. The summed E-state index contributed by atoms with van der Waals surface area (Å²) in [7, 11) is 1.54. The van der Waals surface area contributed by atoms with Crippen molar-refractivity contribution in [2.75, 3.05) is 19.0 Å². The van der Waals surface area contributed by atoms with Gasteiger partial charge in [0.15, 0.2) is 5.65 Å². The SMILES string of the molecule is COc1ccc(-c2nc3ccc(NCc4cccc(C(F)(F)F)c4)nc3n(CCO)c2=O)cc1. The normalized spacial score (nSPS) is 11.6. The lowest BCUT2D eigenvalue weighted by atomic mass is 10.1. The molecule has 0 aliphatic rings. The predicted molar refractivity (Wildman–Crippen MR) is 122 cm³/mol. The van der Waals surface area contributed by atoms with Crippen molar-refractivity contribution >= 4 is 17.0 Å². The molecule has 7 nitrogen and oxygen atoms in total. The molecular formula is C24H21F3N4O3. The summed E-state index contributed by atoms with van der Waals surface area (Å²) in [4.78, 5) is 22.1. The van der Waals surface area contributed by atoms with Crippen molar-refractivity contribution in [2.24, 2.45) is 0 Å². The Morgan fingerprint density at radius 3 is 2.50 bits per heavy atom. The number of pyridine rings is 1. The van der Waals surface area contributed by atoms with E-state index < -0.39 is 17.3 Å². The van der Waals surface area contributed by atoms with Gasteiger partial charge in [-0.25, -0.2) is 9.97 Å². The Morgan fingerprint density at radius 1 is 1.06 bits per heavy atom. The van der Waals surface area contributed by atoms with Crippen molar-refractivity contribution in [2.45, 2.75) is 19.3 Å². The predicted octanol–water partition coefficient (Wildman–Crippen LogP) is 4.09. The number of nitrogens with zero attached hydrogens (tertiary/aromatic N) is 3. The molecule has 2 heterocycles. The molecule has 4 aromatic rings. The zero-order valence-corrected chi connectivity index (χ0v) is 18.1. The molecule has 0 saturated carbocycles. The highest BCUT2D eigenvalue weighted by Gasteiger charge is 2.30. The number of halogens is 3. The van der Waals surface area contributed by atoms with Crippen LogP contribution in [0.2, 0.25) is 0 Å². The highest BCUT2D eigenvalue weighted by molar-refractivity contribution is 5.76. The fourth-order valence-corrected chi connectivity index (χ4v) is 3.51. The Bertz CT molecular complexity index is 1370. The van der Waals surface area contributed by atoms with E-state index in [-0.39, 0.29) is 31.0 Å². The molecule has 2 aromatic heterocycles. The Labute approximate surface area is 192 Å². The van der Waals surface area contributed by atoms with Crippen LogP contribution in [0.4, 0.5) is 19.0 Å². The summed E-state index contributed by atoms with van der Waals surface area (Å²) in [6, 6.07) is 15.2. The van der Waals surface area contributed by atoms with E-state index in [1.807, 2.05) is 0 Å². The van der Waals surface area contributed by atoms with Crippen molar-refractivity contribution in [1.29, 1.82) is 0 Å². The molecule has 0 spiro atoms. The second-order valence-corrected chi connectivity index (χ2v) is 7.46. The van der Waals surface area contributed by atoms with E-state index in [1.54, 1.807) is 49.6 Å². The molecule has 176 valence electrons. The number of hydrogen-bond donors (Lipinski definition) is 2. The molecule has 0 fully saturated rings. The van der Waals surface area contributed by atoms with Gasteiger partial charge in [0, 0.05) is 12.1 Å². The maximum Gasteiger partial charge on any atom is 0.416 e. The topological polar surface area (TPSA) is 89.3 Å². The van der Waals surface area contributed by atoms with Crippen molar-refractivity contribution in [1.82, 2.24) is 14.5 Å². The van der Waals surface area contributed by atoms with Crippen LogP contribution in [0, 0.1) is 0 Å². The number of hydrogen-bond acceptors (Lipinski definition) is 6. The second-order valence-electron chi connectivity index (χ2n) is 7.46. The van der Waals surface area contributed by atoms with Crippen LogP contribution in [0.1, 0.15) is 11.1 Å². The van der Waals surface area contributed by atoms with Crippen LogP contribution in [-0.4, -0.2) is 33.4 Å². The molecule has 0 unspecified atom stereocenters. The third-order valence-corrected chi connectivity index (χ3v) is 5.21.